The van der Waals surface area contributed by atoms with E-state index in [9.17, 15) is 9.59 Å². The first-order valence-electron chi connectivity index (χ1n) is 9.98. The van der Waals surface area contributed by atoms with E-state index in [0.717, 1.165) is 6.42 Å². The summed E-state index contributed by atoms with van der Waals surface area (Å²) >= 11 is 0. The van der Waals surface area contributed by atoms with Gasteiger partial charge in [-0.2, -0.15) is 5.10 Å². The number of aryl methyl sites for hydroxylation is 1. The van der Waals surface area contributed by atoms with E-state index in [0.29, 0.717) is 22.7 Å². The number of nitrogens with zero attached hydrogens (tertiary/aromatic N) is 2. The Labute approximate surface area is 180 Å². The molecule has 1 heterocycles. The summed E-state index contributed by atoms with van der Waals surface area (Å²) in [6.45, 7) is 3.95. The molecule has 0 aliphatic heterocycles. The van der Waals surface area contributed by atoms with Crippen molar-refractivity contribution >= 4 is 17.3 Å². The minimum absolute atomic E-state index is 0.0671. The van der Waals surface area contributed by atoms with Gasteiger partial charge in [0.1, 0.15) is 0 Å². The first kappa shape index (κ1) is 21.9. The average molecular weight is 422 g/mol. The lowest BCUT2D eigenvalue weighted by atomic mass is 10.1. The molecule has 3 aromatic rings. The number of aromatic nitrogens is 2. The molecule has 0 saturated heterocycles. The summed E-state index contributed by atoms with van der Waals surface area (Å²) in [7, 11) is 3.09. The quantitative estimate of drug-likeness (QED) is 0.573. The van der Waals surface area contributed by atoms with Gasteiger partial charge in [-0.1, -0.05) is 25.1 Å². The van der Waals surface area contributed by atoms with Crippen molar-refractivity contribution in [2.75, 3.05) is 12.4 Å². The molecular weight excluding hydrogens is 396 g/mol. The third-order valence-electron chi connectivity index (χ3n) is 4.78. The lowest BCUT2D eigenvalue weighted by Gasteiger charge is -2.15. The number of benzene rings is 2. The van der Waals surface area contributed by atoms with Crippen LogP contribution in [0.2, 0.25) is 0 Å². The second kappa shape index (κ2) is 9.80. The van der Waals surface area contributed by atoms with E-state index in [1.165, 1.54) is 10.9 Å². The number of hydrogen-bond donors (Lipinski definition) is 2. The molecule has 31 heavy (non-hydrogen) atoms. The highest BCUT2D eigenvalue weighted by Gasteiger charge is 2.16. The lowest BCUT2D eigenvalue weighted by molar-refractivity contribution is 0.0939. The Morgan fingerprint density at radius 2 is 1.87 bits per heavy atom. The monoisotopic (exact) mass is 422 g/mol. The van der Waals surface area contributed by atoms with Gasteiger partial charge in [-0.15, -0.1) is 0 Å². The highest BCUT2D eigenvalue weighted by atomic mass is 16.5. The summed E-state index contributed by atoms with van der Waals surface area (Å²) in [6.07, 6.45) is 2.29. The second-order valence-electron chi connectivity index (χ2n) is 7.05. The van der Waals surface area contributed by atoms with Crippen molar-refractivity contribution in [2.24, 2.45) is 7.05 Å². The van der Waals surface area contributed by atoms with Gasteiger partial charge >= 0.3 is 0 Å². The average Bonchev–Trinajstić information content (AvgIpc) is 2.79. The SMILES string of the molecule is CCC(C)NC(=O)c1cccc(Nc2c(Oc3ccccc3OC)cnn(C)c2=O)c1. The van der Waals surface area contributed by atoms with Gasteiger partial charge in [-0.05, 0) is 43.7 Å². The number of hydrogen-bond acceptors (Lipinski definition) is 6. The van der Waals surface area contributed by atoms with E-state index in [1.54, 1.807) is 56.6 Å². The van der Waals surface area contributed by atoms with Gasteiger partial charge in [0.25, 0.3) is 11.5 Å². The maximum atomic E-state index is 12.8. The molecule has 1 unspecified atom stereocenters. The zero-order valence-electron chi connectivity index (χ0n) is 18.0. The Morgan fingerprint density at radius 1 is 1.13 bits per heavy atom. The van der Waals surface area contributed by atoms with Gasteiger partial charge in [0.2, 0.25) is 0 Å². The highest BCUT2D eigenvalue weighted by Crippen LogP contribution is 2.34. The largest absolute Gasteiger partial charge is 0.493 e. The minimum Gasteiger partial charge on any atom is -0.493 e. The number of rotatable bonds is 8. The van der Waals surface area contributed by atoms with E-state index in [-0.39, 0.29) is 28.9 Å². The van der Waals surface area contributed by atoms with Gasteiger partial charge in [-0.3, -0.25) is 9.59 Å². The number of para-hydroxylation sites is 2. The van der Waals surface area contributed by atoms with Crippen molar-refractivity contribution in [3.05, 3.63) is 70.6 Å². The van der Waals surface area contributed by atoms with E-state index >= 15 is 0 Å². The van der Waals surface area contributed by atoms with Gasteiger partial charge in [-0.25, -0.2) is 4.68 Å². The molecule has 0 radical (unpaired) electrons. The fourth-order valence-electron chi connectivity index (χ4n) is 2.83. The van der Waals surface area contributed by atoms with Gasteiger partial charge in [0.15, 0.2) is 22.9 Å². The third kappa shape index (κ3) is 5.22. The normalized spacial score (nSPS) is 11.5. The van der Waals surface area contributed by atoms with Crippen molar-refractivity contribution < 1.29 is 14.3 Å². The zero-order valence-corrected chi connectivity index (χ0v) is 18.0. The third-order valence-corrected chi connectivity index (χ3v) is 4.78. The van der Waals surface area contributed by atoms with Gasteiger partial charge in [0, 0.05) is 24.3 Å². The minimum atomic E-state index is -0.373. The summed E-state index contributed by atoms with van der Waals surface area (Å²) < 4.78 is 12.5. The number of nitrogens with one attached hydrogen (secondary N) is 2. The molecule has 0 aliphatic carbocycles. The molecule has 1 atom stereocenters. The van der Waals surface area contributed by atoms with Gasteiger partial charge in [0.05, 0.1) is 13.3 Å². The van der Waals surface area contributed by atoms with Crippen LogP contribution in [-0.4, -0.2) is 28.8 Å². The number of anilines is 2. The molecule has 0 bridgehead atoms. The number of methoxy groups -OCH3 is 1. The maximum Gasteiger partial charge on any atom is 0.294 e. The molecule has 0 saturated carbocycles. The summed E-state index contributed by atoms with van der Waals surface area (Å²) in [4.78, 5) is 25.3. The predicted octanol–water partition coefficient (Wildman–Crippen LogP) is 3.85. The van der Waals surface area contributed by atoms with Crippen LogP contribution in [0.5, 0.6) is 17.2 Å². The molecular formula is C23H26N4O4. The molecule has 8 nitrogen and oxygen atoms in total. The second-order valence-corrected chi connectivity index (χ2v) is 7.05. The highest BCUT2D eigenvalue weighted by molar-refractivity contribution is 5.95. The summed E-state index contributed by atoms with van der Waals surface area (Å²) in [5.74, 6) is 1.04. The van der Waals surface area contributed by atoms with Crippen molar-refractivity contribution in [3.63, 3.8) is 0 Å². The van der Waals surface area contributed by atoms with E-state index in [1.807, 2.05) is 19.9 Å². The Kier molecular flexibility index (Phi) is 6.92. The fourth-order valence-corrected chi connectivity index (χ4v) is 2.83. The topological polar surface area (TPSA) is 94.5 Å². The predicted molar refractivity (Wildman–Crippen MR) is 119 cm³/mol. The standard InChI is InChI=1S/C23H26N4O4/c1-5-15(2)25-22(28)16-9-8-10-17(13-16)26-21-20(14-24-27(3)23(21)29)31-19-12-7-6-11-18(19)30-4/h6-15,26H,5H2,1-4H3,(H,25,28). The Balaban J connectivity index is 1.93. The molecule has 2 N–H and O–H groups in total. The van der Waals surface area contributed by atoms with Crippen LogP contribution in [-0.2, 0) is 7.05 Å². The lowest BCUT2D eigenvalue weighted by Crippen LogP contribution is -2.31. The number of carbonyl (C=O) groups is 1. The molecule has 8 heteroatoms. The van der Waals surface area contributed by atoms with Crippen LogP contribution in [0.25, 0.3) is 0 Å². The van der Waals surface area contributed by atoms with E-state index < -0.39 is 0 Å². The summed E-state index contributed by atoms with van der Waals surface area (Å²) in [6, 6.07) is 14.1. The first-order valence-corrected chi connectivity index (χ1v) is 9.98. The molecule has 162 valence electrons. The fraction of sp³-hybridized carbons (Fsp3) is 0.261. The first-order chi connectivity index (χ1) is 14.9. The number of amides is 1. The summed E-state index contributed by atoms with van der Waals surface area (Å²) in [5, 5.41) is 10.1. The van der Waals surface area contributed by atoms with Gasteiger partial charge < -0.3 is 20.1 Å². The molecule has 1 amide bonds. The zero-order chi connectivity index (χ0) is 22.4. The molecule has 0 spiro atoms. The van der Waals surface area contributed by atoms with Crippen molar-refractivity contribution in [2.45, 2.75) is 26.3 Å². The molecule has 2 aromatic carbocycles. The molecule has 0 fully saturated rings. The number of carbonyl (C=O) groups excluding carboxylic acids is 1. The van der Waals surface area contributed by atoms with Crippen LogP contribution < -0.4 is 25.7 Å². The van der Waals surface area contributed by atoms with E-state index in [2.05, 4.69) is 15.7 Å². The van der Waals surface area contributed by atoms with Crippen molar-refractivity contribution in [3.8, 4) is 17.2 Å². The van der Waals surface area contributed by atoms with Crippen LogP contribution in [0, 0.1) is 0 Å². The van der Waals surface area contributed by atoms with Crippen molar-refractivity contribution in [1.29, 1.82) is 0 Å². The Hall–Kier alpha value is -3.81. The molecule has 1 aromatic heterocycles. The van der Waals surface area contributed by atoms with Crippen LogP contribution in [0.3, 0.4) is 0 Å². The maximum absolute atomic E-state index is 12.8. The van der Waals surface area contributed by atoms with Crippen LogP contribution >= 0.6 is 0 Å². The van der Waals surface area contributed by atoms with E-state index in [4.69, 9.17) is 9.47 Å². The van der Waals surface area contributed by atoms with Crippen molar-refractivity contribution in [1.82, 2.24) is 15.1 Å². The van der Waals surface area contributed by atoms with Crippen LogP contribution in [0.4, 0.5) is 11.4 Å². The summed E-state index contributed by atoms with van der Waals surface area (Å²) in [5.41, 5.74) is 0.887. The Morgan fingerprint density at radius 3 is 2.58 bits per heavy atom. The molecule has 3 rings (SSSR count). The smallest absolute Gasteiger partial charge is 0.294 e. The Bertz CT molecular complexity index is 1130. The van der Waals surface area contributed by atoms with Crippen LogP contribution in [0.15, 0.2) is 59.5 Å². The molecule has 0 aliphatic rings. The van der Waals surface area contributed by atoms with Crippen LogP contribution in [0.1, 0.15) is 30.6 Å². The number of ether oxygens (including phenoxy) is 2.